The molecular weight excluding hydrogens is 332 g/mol. The highest BCUT2D eigenvalue weighted by Gasteiger charge is 2.16. The van der Waals surface area contributed by atoms with E-state index in [1.165, 1.54) is 0 Å². The van der Waals surface area contributed by atoms with Gasteiger partial charge in [-0.3, -0.25) is 0 Å². The average Bonchev–Trinajstić information content (AvgIpc) is 3.05. The van der Waals surface area contributed by atoms with Crippen LogP contribution in [0.4, 0.5) is 0 Å². The van der Waals surface area contributed by atoms with Gasteiger partial charge in [-0.15, -0.1) is 0 Å². The Hall–Kier alpha value is -3.12. The summed E-state index contributed by atoms with van der Waals surface area (Å²) in [6.45, 7) is 2.33. The molecule has 0 aliphatic heterocycles. The summed E-state index contributed by atoms with van der Waals surface area (Å²) < 4.78 is 17.4. The first-order valence-corrected chi connectivity index (χ1v) is 8.12. The highest BCUT2D eigenvalue weighted by molar-refractivity contribution is 5.91. The molecule has 0 amide bonds. The van der Waals surface area contributed by atoms with Crippen LogP contribution in [0.5, 0.6) is 11.6 Å². The van der Waals surface area contributed by atoms with E-state index in [1.807, 2.05) is 31.2 Å². The molecule has 0 fully saturated rings. The Bertz CT molecular complexity index is 883. The van der Waals surface area contributed by atoms with E-state index < -0.39 is 5.97 Å². The summed E-state index contributed by atoms with van der Waals surface area (Å²) in [7, 11) is 3.17. The van der Waals surface area contributed by atoms with Crippen molar-refractivity contribution in [1.82, 2.24) is 9.78 Å². The second-order valence-electron chi connectivity index (χ2n) is 5.77. The van der Waals surface area contributed by atoms with Crippen LogP contribution in [0, 0.1) is 6.92 Å². The predicted molar refractivity (Wildman–Crippen MR) is 97.0 cm³/mol. The highest BCUT2D eigenvalue weighted by atomic mass is 16.5. The second-order valence-corrected chi connectivity index (χ2v) is 5.77. The van der Waals surface area contributed by atoms with Crippen LogP contribution < -0.4 is 9.47 Å². The first kappa shape index (κ1) is 17.7. The van der Waals surface area contributed by atoms with Crippen LogP contribution in [0.25, 0.3) is 5.69 Å². The number of hydrogen-bond donors (Lipinski definition) is 0. The first-order valence-electron chi connectivity index (χ1n) is 8.12. The van der Waals surface area contributed by atoms with Crippen molar-refractivity contribution in [1.29, 1.82) is 0 Å². The number of methoxy groups -OCH3 is 2. The number of aromatic nitrogens is 2. The molecule has 6 heteroatoms. The normalized spacial score (nSPS) is 10.6. The van der Waals surface area contributed by atoms with Crippen LogP contribution in [-0.4, -0.2) is 30.0 Å². The van der Waals surface area contributed by atoms with Crippen molar-refractivity contribution in [3.63, 3.8) is 0 Å². The van der Waals surface area contributed by atoms with Gasteiger partial charge in [-0.05, 0) is 43.3 Å². The van der Waals surface area contributed by atoms with Crippen molar-refractivity contribution < 1.29 is 19.0 Å². The molecule has 0 aliphatic carbocycles. The third-order valence-electron chi connectivity index (χ3n) is 3.82. The van der Waals surface area contributed by atoms with E-state index >= 15 is 0 Å². The Morgan fingerprint density at radius 1 is 1.04 bits per heavy atom. The zero-order valence-corrected chi connectivity index (χ0v) is 14.9. The smallest absolute Gasteiger partial charge is 0.344 e. The van der Waals surface area contributed by atoms with E-state index in [0.717, 1.165) is 11.3 Å². The molecule has 134 valence electrons. The van der Waals surface area contributed by atoms with Gasteiger partial charge in [0.1, 0.15) is 5.75 Å². The van der Waals surface area contributed by atoms with Gasteiger partial charge in [-0.25, -0.2) is 9.48 Å². The predicted octanol–water partition coefficient (Wildman–Crippen LogP) is 3.55. The summed E-state index contributed by atoms with van der Waals surface area (Å²) in [5, 5.41) is 4.47. The SMILES string of the molecule is COCc1cc(OC(=O)c2ccc(OC)cc2)n(-c2ccc(C)cc2)n1. The lowest BCUT2D eigenvalue weighted by molar-refractivity contribution is 0.0723. The van der Waals surface area contributed by atoms with Gasteiger partial charge in [0.15, 0.2) is 0 Å². The molecule has 0 spiro atoms. The van der Waals surface area contributed by atoms with Crippen molar-refractivity contribution in [3.05, 3.63) is 71.4 Å². The fourth-order valence-electron chi connectivity index (χ4n) is 2.45. The van der Waals surface area contributed by atoms with E-state index in [0.29, 0.717) is 29.5 Å². The van der Waals surface area contributed by atoms with Gasteiger partial charge in [0, 0.05) is 13.2 Å². The molecule has 0 unspecified atom stereocenters. The van der Waals surface area contributed by atoms with Crippen molar-refractivity contribution >= 4 is 5.97 Å². The average molecular weight is 352 g/mol. The molecule has 0 bridgehead atoms. The number of carbonyl (C=O) groups excluding carboxylic acids is 1. The van der Waals surface area contributed by atoms with E-state index in [2.05, 4.69) is 5.10 Å². The minimum Gasteiger partial charge on any atom is -0.497 e. The summed E-state index contributed by atoms with van der Waals surface area (Å²) in [6.07, 6.45) is 0. The largest absolute Gasteiger partial charge is 0.497 e. The number of rotatable bonds is 6. The molecule has 2 aromatic carbocycles. The van der Waals surface area contributed by atoms with Crippen molar-refractivity contribution in [2.45, 2.75) is 13.5 Å². The molecule has 0 saturated carbocycles. The zero-order valence-electron chi connectivity index (χ0n) is 14.9. The number of esters is 1. The Morgan fingerprint density at radius 2 is 1.73 bits per heavy atom. The first-order chi connectivity index (χ1) is 12.6. The lowest BCUT2D eigenvalue weighted by Crippen LogP contribution is -2.11. The molecule has 0 aliphatic rings. The standard InChI is InChI=1S/C20H20N2O4/c1-14-4-8-17(9-5-14)22-19(12-16(21-22)13-24-2)26-20(23)15-6-10-18(25-3)11-7-15/h4-12H,13H2,1-3H3. The molecular formula is C20H20N2O4. The van der Waals surface area contributed by atoms with Gasteiger partial charge in [0.05, 0.1) is 30.7 Å². The van der Waals surface area contributed by atoms with E-state index in [9.17, 15) is 4.79 Å². The lowest BCUT2D eigenvalue weighted by Gasteiger charge is -2.08. The van der Waals surface area contributed by atoms with Gasteiger partial charge in [-0.2, -0.15) is 5.10 Å². The number of ether oxygens (including phenoxy) is 3. The Balaban J connectivity index is 1.89. The molecule has 0 N–H and O–H groups in total. The van der Waals surface area contributed by atoms with E-state index in [4.69, 9.17) is 14.2 Å². The third-order valence-corrected chi connectivity index (χ3v) is 3.82. The van der Waals surface area contributed by atoms with Crippen LogP contribution >= 0.6 is 0 Å². The second kappa shape index (κ2) is 7.84. The molecule has 0 atom stereocenters. The number of nitrogens with zero attached hydrogens (tertiary/aromatic N) is 2. The maximum Gasteiger partial charge on any atom is 0.344 e. The van der Waals surface area contributed by atoms with Gasteiger partial charge in [0.25, 0.3) is 0 Å². The number of benzene rings is 2. The maximum absolute atomic E-state index is 12.5. The van der Waals surface area contributed by atoms with Gasteiger partial charge < -0.3 is 14.2 Å². The van der Waals surface area contributed by atoms with Gasteiger partial charge in [0.2, 0.25) is 5.88 Å². The molecule has 26 heavy (non-hydrogen) atoms. The van der Waals surface area contributed by atoms with E-state index in [-0.39, 0.29) is 0 Å². The summed E-state index contributed by atoms with van der Waals surface area (Å²) in [5.41, 5.74) is 3.03. The molecule has 3 rings (SSSR count). The van der Waals surface area contributed by atoms with Crippen molar-refractivity contribution in [2.75, 3.05) is 14.2 Å². The quantitative estimate of drug-likeness (QED) is 0.635. The summed E-state index contributed by atoms with van der Waals surface area (Å²) in [4.78, 5) is 12.5. The van der Waals surface area contributed by atoms with Crippen LogP contribution in [-0.2, 0) is 11.3 Å². The topological polar surface area (TPSA) is 62.6 Å². The van der Waals surface area contributed by atoms with Crippen LogP contribution in [0.15, 0.2) is 54.6 Å². The zero-order chi connectivity index (χ0) is 18.5. The van der Waals surface area contributed by atoms with Crippen LogP contribution in [0.1, 0.15) is 21.6 Å². The summed E-state index contributed by atoms with van der Waals surface area (Å²) >= 11 is 0. The van der Waals surface area contributed by atoms with Crippen molar-refractivity contribution in [2.24, 2.45) is 0 Å². The molecule has 6 nitrogen and oxygen atoms in total. The minimum atomic E-state index is -0.468. The molecule has 0 saturated heterocycles. The number of carbonyl (C=O) groups is 1. The van der Waals surface area contributed by atoms with Gasteiger partial charge in [-0.1, -0.05) is 17.7 Å². The number of hydrogen-bond acceptors (Lipinski definition) is 5. The fourth-order valence-corrected chi connectivity index (χ4v) is 2.45. The minimum absolute atomic E-state index is 0.325. The summed E-state index contributed by atoms with van der Waals surface area (Å²) in [5.74, 6) is 0.542. The highest BCUT2D eigenvalue weighted by Crippen LogP contribution is 2.22. The van der Waals surface area contributed by atoms with Crippen LogP contribution in [0.3, 0.4) is 0 Å². The van der Waals surface area contributed by atoms with Crippen LogP contribution in [0.2, 0.25) is 0 Å². The Labute approximate surface area is 151 Å². The lowest BCUT2D eigenvalue weighted by atomic mass is 10.2. The Morgan fingerprint density at radius 3 is 2.35 bits per heavy atom. The third kappa shape index (κ3) is 3.92. The summed E-state index contributed by atoms with van der Waals surface area (Å²) in [6, 6.07) is 16.2. The molecule has 0 radical (unpaired) electrons. The van der Waals surface area contributed by atoms with Crippen molar-refractivity contribution in [3.8, 4) is 17.3 Å². The van der Waals surface area contributed by atoms with E-state index in [1.54, 1.807) is 49.2 Å². The fraction of sp³-hybridized carbons (Fsp3) is 0.200. The molecule has 1 heterocycles. The van der Waals surface area contributed by atoms with Gasteiger partial charge >= 0.3 is 5.97 Å². The maximum atomic E-state index is 12.5. The molecule has 1 aromatic heterocycles. The number of aryl methyl sites for hydroxylation is 1. The molecule has 3 aromatic rings. The monoisotopic (exact) mass is 352 g/mol. The Kier molecular flexibility index (Phi) is 5.34.